The molecular formula is C13H19NO2. The van der Waals surface area contributed by atoms with Gasteiger partial charge in [-0.05, 0) is 25.8 Å². The summed E-state index contributed by atoms with van der Waals surface area (Å²) in [7, 11) is 0. The Morgan fingerprint density at radius 1 is 1.44 bits per heavy atom. The second-order valence-corrected chi connectivity index (χ2v) is 4.07. The van der Waals surface area contributed by atoms with E-state index in [1.54, 1.807) is 0 Å². The predicted octanol–water partition coefficient (Wildman–Crippen LogP) is 1.40. The van der Waals surface area contributed by atoms with Gasteiger partial charge in [0.15, 0.2) is 0 Å². The Kier molecular flexibility index (Phi) is 5.75. The largest absolute Gasteiger partial charge is 0.396 e. The molecule has 3 heteroatoms. The van der Waals surface area contributed by atoms with E-state index >= 15 is 0 Å². The summed E-state index contributed by atoms with van der Waals surface area (Å²) in [6.07, 6.45) is 2.00. The van der Waals surface area contributed by atoms with E-state index in [2.05, 4.69) is 5.32 Å². The number of aryl methyl sites for hydroxylation is 1. The molecule has 1 fully saturated rings. The quantitative estimate of drug-likeness (QED) is 0.742. The average molecular weight is 221 g/mol. The zero-order chi connectivity index (χ0) is 11.8. The molecule has 16 heavy (non-hydrogen) atoms. The fourth-order valence-electron chi connectivity index (χ4n) is 1.52. The van der Waals surface area contributed by atoms with Gasteiger partial charge in [0.05, 0.1) is 0 Å². The molecule has 1 aliphatic rings. The molecule has 1 aromatic rings. The zero-order valence-corrected chi connectivity index (χ0v) is 9.65. The maximum absolute atomic E-state index is 10.1. The Hall–Kier alpha value is -1.19. The van der Waals surface area contributed by atoms with Crippen LogP contribution in [0.4, 0.5) is 0 Å². The van der Waals surface area contributed by atoms with Crippen molar-refractivity contribution in [1.29, 1.82) is 0 Å². The molecule has 1 heterocycles. The van der Waals surface area contributed by atoms with E-state index in [4.69, 9.17) is 5.11 Å². The van der Waals surface area contributed by atoms with Crippen molar-refractivity contribution in [2.75, 3.05) is 19.7 Å². The van der Waals surface area contributed by atoms with Crippen LogP contribution in [0.25, 0.3) is 0 Å². The normalized spacial score (nSPS) is 18.8. The van der Waals surface area contributed by atoms with Crippen molar-refractivity contribution < 1.29 is 9.90 Å². The van der Waals surface area contributed by atoms with E-state index in [0.717, 1.165) is 31.4 Å². The molecule has 0 aromatic heterocycles. The third kappa shape index (κ3) is 4.55. The monoisotopic (exact) mass is 221 g/mol. The smallest absolute Gasteiger partial charge is 0.150 e. The lowest BCUT2D eigenvalue weighted by Crippen LogP contribution is -2.11. The van der Waals surface area contributed by atoms with E-state index in [0.29, 0.717) is 12.5 Å². The van der Waals surface area contributed by atoms with Crippen LogP contribution in [0, 0.1) is 12.8 Å². The Morgan fingerprint density at radius 3 is 2.50 bits per heavy atom. The van der Waals surface area contributed by atoms with E-state index in [9.17, 15) is 4.79 Å². The van der Waals surface area contributed by atoms with Crippen LogP contribution in [0.15, 0.2) is 24.3 Å². The predicted molar refractivity (Wildman–Crippen MR) is 64.6 cm³/mol. The number of hydrogen-bond donors (Lipinski definition) is 2. The van der Waals surface area contributed by atoms with E-state index in [1.807, 2.05) is 31.2 Å². The first-order valence-electron chi connectivity index (χ1n) is 5.59. The molecule has 0 radical (unpaired) electrons. The average Bonchev–Trinajstić information content (AvgIpc) is 2.84. The van der Waals surface area contributed by atoms with Crippen molar-refractivity contribution in [1.82, 2.24) is 5.32 Å². The van der Waals surface area contributed by atoms with Gasteiger partial charge in [0.1, 0.15) is 6.29 Å². The number of benzene rings is 1. The molecule has 88 valence electrons. The van der Waals surface area contributed by atoms with Crippen LogP contribution in [0.2, 0.25) is 0 Å². The molecule has 1 aliphatic heterocycles. The van der Waals surface area contributed by atoms with Crippen molar-refractivity contribution in [2.45, 2.75) is 13.3 Å². The lowest BCUT2D eigenvalue weighted by molar-refractivity contribution is 0.112. The van der Waals surface area contributed by atoms with Gasteiger partial charge >= 0.3 is 0 Å². The Labute approximate surface area is 96.5 Å². The van der Waals surface area contributed by atoms with Gasteiger partial charge in [0, 0.05) is 18.7 Å². The van der Waals surface area contributed by atoms with Crippen molar-refractivity contribution >= 4 is 6.29 Å². The highest BCUT2D eigenvalue weighted by Gasteiger charge is 2.11. The van der Waals surface area contributed by atoms with Gasteiger partial charge in [-0.3, -0.25) is 4.79 Å². The highest BCUT2D eigenvalue weighted by atomic mass is 16.3. The van der Waals surface area contributed by atoms with Crippen LogP contribution in [0.3, 0.4) is 0 Å². The number of aldehydes is 1. The van der Waals surface area contributed by atoms with Crippen molar-refractivity contribution in [3.63, 3.8) is 0 Å². The Morgan fingerprint density at radius 2 is 2.12 bits per heavy atom. The third-order valence-electron chi connectivity index (χ3n) is 2.63. The van der Waals surface area contributed by atoms with E-state index < -0.39 is 0 Å². The molecule has 0 spiro atoms. The first-order chi connectivity index (χ1) is 7.76. The highest BCUT2D eigenvalue weighted by Crippen LogP contribution is 2.04. The number of rotatable bonds is 2. The molecule has 1 saturated heterocycles. The minimum absolute atomic E-state index is 0.354. The molecule has 0 bridgehead atoms. The number of nitrogens with one attached hydrogen (secondary N) is 1. The van der Waals surface area contributed by atoms with Gasteiger partial charge < -0.3 is 10.4 Å². The van der Waals surface area contributed by atoms with Gasteiger partial charge in [-0.15, -0.1) is 0 Å². The summed E-state index contributed by atoms with van der Waals surface area (Å²) >= 11 is 0. The van der Waals surface area contributed by atoms with Gasteiger partial charge in [-0.1, -0.05) is 29.8 Å². The fraction of sp³-hybridized carbons (Fsp3) is 0.462. The van der Waals surface area contributed by atoms with Crippen molar-refractivity contribution in [2.24, 2.45) is 5.92 Å². The van der Waals surface area contributed by atoms with Gasteiger partial charge in [-0.2, -0.15) is 0 Å². The summed E-state index contributed by atoms with van der Waals surface area (Å²) in [5, 5.41) is 11.7. The number of aliphatic hydroxyl groups is 1. The molecule has 2 N–H and O–H groups in total. The Balaban J connectivity index is 0.000000165. The van der Waals surface area contributed by atoms with Gasteiger partial charge in [0.25, 0.3) is 0 Å². The number of hydrogen-bond acceptors (Lipinski definition) is 3. The summed E-state index contributed by atoms with van der Waals surface area (Å²) in [4.78, 5) is 10.1. The lowest BCUT2D eigenvalue weighted by atomic mass is 10.1. The SMILES string of the molecule is Cc1ccc(C=O)cc1.OCC1CCNC1. The maximum Gasteiger partial charge on any atom is 0.150 e. The summed E-state index contributed by atoms with van der Waals surface area (Å²) in [6.45, 7) is 4.45. The van der Waals surface area contributed by atoms with Crippen LogP contribution in [0.5, 0.6) is 0 Å². The molecular weight excluding hydrogens is 202 g/mol. The molecule has 2 rings (SSSR count). The molecule has 0 aliphatic carbocycles. The fourth-order valence-corrected chi connectivity index (χ4v) is 1.52. The van der Waals surface area contributed by atoms with Crippen molar-refractivity contribution in [3.05, 3.63) is 35.4 Å². The summed E-state index contributed by atoms with van der Waals surface area (Å²) in [5.41, 5.74) is 1.92. The Bertz CT molecular complexity index is 302. The molecule has 1 aromatic carbocycles. The zero-order valence-electron chi connectivity index (χ0n) is 9.65. The summed E-state index contributed by atoms with van der Waals surface area (Å²) in [5.74, 6) is 0.542. The molecule has 0 amide bonds. The van der Waals surface area contributed by atoms with E-state index in [1.165, 1.54) is 5.56 Å². The molecule has 1 atom stereocenters. The minimum atomic E-state index is 0.354. The van der Waals surface area contributed by atoms with Crippen LogP contribution in [-0.4, -0.2) is 31.1 Å². The van der Waals surface area contributed by atoms with Crippen LogP contribution in [-0.2, 0) is 0 Å². The van der Waals surface area contributed by atoms with Crippen LogP contribution < -0.4 is 5.32 Å². The lowest BCUT2D eigenvalue weighted by Gasteiger charge is -1.98. The maximum atomic E-state index is 10.1. The summed E-state index contributed by atoms with van der Waals surface area (Å²) in [6, 6.07) is 7.46. The minimum Gasteiger partial charge on any atom is -0.396 e. The molecule has 3 nitrogen and oxygen atoms in total. The second kappa shape index (κ2) is 7.14. The summed E-state index contributed by atoms with van der Waals surface area (Å²) < 4.78 is 0. The van der Waals surface area contributed by atoms with Crippen molar-refractivity contribution in [3.8, 4) is 0 Å². The van der Waals surface area contributed by atoms with Gasteiger partial charge in [-0.25, -0.2) is 0 Å². The first-order valence-corrected chi connectivity index (χ1v) is 5.59. The topological polar surface area (TPSA) is 49.3 Å². The van der Waals surface area contributed by atoms with Crippen LogP contribution >= 0.6 is 0 Å². The number of carbonyl (C=O) groups is 1. The molecule has 0 saturated carbocycles. The highest BCUT2D eigenvalue weighted by molar-refractivity contribution is 5.74. The first kappa shape index (κ1) is 12.9. The third-order valence-corrected chi connectivity index (χ3v) is 2.63. The molecule has 1 unspecified atom stereocenters. The van der Waals surface area contributed by atoms with Crippen LogP contribution in [0.1, 0.15) is 22.3 Å². The number of carbonyl (C=O) groups excluding carboxylic acids is 1. The number of aliphatic hydroxyl groups excluding tert-OH is 1. The van der Waals surface area contributed by atoms with Gasteiger partial charge in [0.2, 0.25) is 0 Å². The van der Waals surface area contributed by atoms with E-state index in [-0.39, 0.29) is 0 Å². The second-order valence-electron chi connectivity index (χ2n) is 4.07. The standard InChI is InChI=1S/C8H8O.C5H11NO/c1-7-2-4-8(6-9)5-3-7;7-4-5-1-2-6-3-5/h2-6H,1H3;5-7H,1-4H2.